The Morgan fingerprint density at radius 2 is 1.38 bits per heavy atom. The average molecular weight is 445 g/mol. The highest BCUT2D eigenvalue weighted by molar-refractivity contribution is 5.89. The van der Waals surface area contributed by atoms with Gasteiger partial charge in [-0.25, -0.2) is 4.79 Å². The van der Waals surface area contributed by atoms with Gasteiger partial charge < -0.3 is 28.4 Å². The van der Waals surface area contributed by atoms with Crippen molar-refractivity contribution >= 4 is 5.97 Å². The van der Waals surface area contributed by atoms with E-state index in [1.165, 1.54) is 12.8 Å². The average Bonchev–Trinajstić information content (AvgIpc) is 3.37. The lowest BCUT2D eigenvalue weighted by atomic mass is 9.94. The van der Waals surface area contributed by atoms with Crippen molar-refractivity contribution in [2.75, 3.05) is 6.61 Å². The van der Waals surface area contributed by atoms with Crippen LogP contribution in [0.4, 0.5) is 0 Å². The van der Waals surface area contributed by atoms with E-state index in [2.05, 4.69) is 0 Å². The van der Waals surface area contributed by atoms with E-state index in [4.69, 9.17) is 28.4 Å². The topological polar surface area (TPSA) is 72.5 Å². The van der Waals surface area contributed by atoms with Gasteiger partial charge in [0.2, 0.25) is 0 Å². The van der Waals surface area contributed by atoms with Crippen LogP contribution in [0.3, 0.4) is 0 Å². The number of ether oxygens (including phenoxy) is 6. The first-order valence-electron chi connectivity index (χ1n) is 12.2. The molecule has 7 nitrogen and oxygen atoms in total. The molecule has 2 saturated carbocycles. The summed E-state index contributed by atoms with van der Waals surface area (Å²) < 4.78 is 38.1. The van der Waals surface area contributed by atoms with Crippen molar-refractivity contribution in [1.29, 1.82) is 0 Å². The normalized spacial score (nSPS) is 37.2. The zero-order chi connectivity index (χ0) is 21.6. The SMILES string of the molecule is O=C(OC[C@@H]1O[C@@H]2OC3(CCCCC3)O[C@@H]2[C@H]2OC3(CCCCC3)O[C@@H]21)c1ccccc1. The third-order valence-corrected chi connectivity index (χ3v) is 7.59. The van der Waals surface area contributed by atoms with E-state index in [9.17, 15) is 4.79 Å². The molecular weight excluding hydrogens is 412 g/mol. The molecule has 0 unspecified atom stereocenters. The second-order valence-corrected chi connectivity index (χ2v) is 9.82. The van der Waals surface area contributed by atoms with Gasteiger partial charge in [0.1, 0.15) is 31.0 Å². The Morgan fingerprint density at radius 3 is 2.06 bits per heavy atom. The highest BCUT2D eigenvalue weighted by Crippen LogP contribution is 2.50. The van der Waals surface area contributed by atoms with E-state index >= 15 is 0 Å². The molecule has 0 aromatic heterocycles. The second kappa shape index (κ2) is 8.37. The van der Waals surface area contributed by atoms with Crippen LogP contribution in [0.5, 0.6) is 0 Å². The van der Waals surface area contributed by atoms with Crippen molar-refractivity contribution in [3.8, 4) is 0 Å². The van der Waals surface area contributed by atoms with E-state index in [1.807, 2.05) is 18.2 Å². The number of carbonyl (C=O) groups is 1. The highest BCUT2D eigenvalue weighted by Gasteiger charge is 2.64. The number of hydrogen-bond donors (Lipinski definition) is 0. The molecule has 174 valence electrons. The molecule has 0 amide bonds. The van der Waals surface area contributed by atoms with Gasteiger partial charge in [-0.15, -0.1) is 0 Å². The van der Waals surface area contributed by atoms with Crippen molar-refractivity contribution in [1.82, 2.24) is 0 Å². The number of hydrogen-bond acceptors (Lipinski definition) is 7. The smallest absolute Gasteiger partial charge is 0.338 e. The quantitative estimate of drug-likeness (QED) is 0.650. The minimum atomic E-state index is -0.584. The molecule has 0 N–H and O–H groups in total. The van der Waals surface area contributed by atoms with Crippen LogP contribution in [-0.2, 0) is 28.4 Å². The predicted molar refractivity (Wildman–Crippen MR) is 113 cm³/mol. The van der Waals surface area contributed by atoms with Crippen LogP contribution in [0.15, 0.2) is 30.3 Å². The summed E-state index contributed by atoms with van der Waals surface area (Å²) in [5.74, 6) is -1.54. The van der Waals surface area contributed by atoms with Gasteiger partial charge in [0.25, 0.3) is 0 Å². The fraction of sp³-hybridized carbons (Fsp3) is 0.720. The van der Waals surface area contributed by atoms with E-state index < -0.39 is 24.0 Å². The van der Waals surface area contributed by atoms with Crippen molar-refractivity contribution in [3.05, 3.63) is 35.9 Å². The first-order valence-corrected chi connectivity index (χ1v) is 12.2. The zero-order valence-corrected chi connectivity index (χ0v) is 18.4. The Kier molecular flexibility index (Phi) is 5.50. The third-order valence-electron chi connectivity index (χ3n) is 7.59. The molecule has 7 heteroatoms. The van der Waals surface area contributed by atoms with Crippen LogP contribution < -0.4 is 0 Å². The highest BCUT2D eigenvalue weighted by atomic mass is 16.9. The molecule has 1 aromatic rings. The predicted octanol–water partition coefficient (Wildman–Crippen LogP) is 4.09. The first kappa shape index (κ1) is 21.1. The zero-order valence-electron chi connectivity index (χ0n) is 18.4. The van der Waals surface area contributed by atoms with E-state index in [-0.39, 0.29) is 30.9 Å². The van der Waals surface area contributed by atoms with Gasteiger partial charge in [0.05, 0.1) is 5.56 Å². The van der Waals surface area contributed by atoms with Crippen LogP contribution in [0.2, 0.25) is 0 Å². The minimum absolute atomic E-state index is 0.0912. The largest absolute Gasteiger partial charge is 0.459 e. The van der Waals surface area contributed by atoms with E-state index in [0.717, 1.165) is 51.4 Å². The van der Waals surface area contributed by atoms with E-state index in [0.29, 0.717) is 5.56 Å². The van der Waals surface area contributed by atoms with Gasteiger partial charge in [-0.05, 0) is 37.8 Å². The first-order chi connectivity index (χ1) is 15.7. The lowest BCUT2D eigenvalue weighted by Crippen LogP contribution is -2.56. The molecule has 2 spiro atoms. The summed E-state index contributed by atoms with van der Waals surface area (Å²) >= 11 is 0. The van der Waals surface area contributed by atoms with Gasteiger partial charge in [-0.1, -0.05) is 31.0 Å². The Bertz CT molecular complexity index is 815. The molecular formula is C25H32O7. The maximum absolute atomic E-state index is 12.5. The summed E-state index contributed by atoms with van der Waals surface area (Å²) in [6, 6.07) is 9.01. The fourth-order valence-electron chi connectivity index (χ4n) is 5.99. The molecule has 3 heterocycles. The lowest BCUT2D eigenvalue weighted by Gasteiger charge is -2.36. The molecule has 32 heavy (non-hydrogen) atoms. The summed E-state index contributed by atoms with van der Waals surface area (Å²) in [6.45, 7) is 0.0912. The number of carbonyl (C=O) groups excluding carboxylic acids is 1. The maximum Gasteiger partial charge on any atom is 0.338 e. The van der Waals surface area contributed by atoms with Gasteiger partial charge in [0, 0.05) is 25.7 Å². The number of fused-ring (bicyclic) bond motifs is 3. The van der Waals surface area contributed by atoms with E-state index in [1.54, 1.807) is 12.1 Å². The standard InChI is InChI=1S/C25H32O7/c26-22(17-10-4-1-5-11-17)27-16-18-19-20(30-24(29-19)12-6-2-7-13-24)21-23(28-18)32-25(31-21)14-8-3-9-15-25/h1,4-5,10-11,18-21,23H,2-3,6-9,12-16H2/t18-,19+,20-,21+,23+/m0/s1. The van der Waals surface area contributed by atoms with Crippen LogP contribution in [0, 0.1) is 0 Å². The van der Waals surface area contributed by atoms with Crippen LogP contribution >= 0.6 is 0 Å². The second-order valence-electron chi connectivity index (χ2n) is 9.82. The van der Waals surface area contributed by atoms with Crippen molar-refractivity contribution < 1.29 is 33.2 Å². The molecule has 5 atom stereocenters. The number of esters is 1. The molecule has 5 fully saturated rings. The Morgan fingerprint density at radius 1 is 0.781 bits per heavy atom. The number of benzene rings is 1. The lowest BCUT2D eigenvalue weighted by molar-refractivity contribution is -0.254. The summed E-state index contributed by atoms with van der Waals surface area (Å²) in [6.07, 6.45) is 8.32. The van der Waals surface area contributed by atoms with Crippen molar-refractivity contribution in [2.45, 2.75) is 106 Å². The Labute approximate surface area is 188 Å². The van der Waals surface area contributed by atoms with Gasteiger partial charge in [-0.3, -0.25) is 0 Å². The molecule has 3 saturated heterocycles. The summed E-state index contributed by atoms with van der Waals surface area (Å²) in [5, 5.41) is 0. The molecule has 1 aromatic carbocycles. The number of rotatable bonds is 3. The van der Waals surface area contributed by atoms with Gasteiger partial charge in [-0.2, -0.15) is 0 Å². The van der Waals surface area contributed by atoms with Crippen molar-refractivity contribution in [3.63, 3.8) is 0 Å². The molecule has 0 radical (unpaired) electrons. The molecule has 5 aliphatic rings. The van der Waals surface area contributed by atoms with Crippen LogP contribution in [-0.4, -0.2) is 54.9 Å². The van der Waals surface area contributed by atoms with Gasteiger partial charge >= 0.3 is 5.97 Å². The molecule has 6 rings (SSSR count). The monoisotopic (exact) mass is 444 g/mol. The van der Waals surface area contributed by atoms with Crippen molar-refractivity contribution in [2.24, 2.45) is 0 Å². The molecule has 3 aliphatic heterocycles. The maximum atomic E-state index is 12.5. The summed E-state index contributed by atoms with van der Waals surface area (Å²) in [5.41, 5.74) is 0.520. The van der Waals surface area contributed by atoms with Gasteiger partial charge in [0.15, 0.2) is 17.9 Å². The van der Waals surface area contributed by atoms with Crippen LogP contribution in [0.25, 0.3) is 0 Å². The summed E-state index contributed by atoms with van der Waals surface area (Å²) in [4.78, 5) is 12.5. The third kappa shape index (κ3) is 3.78. The van der Waals surface area contributed by atoms with Crippen LogP contribution in [0.1, 0.15) is 74.6 Å². The summed E-state index contributed by atoms with van der Waals surface area (Å²) in [7, 11) is 0. The minimum Gasteiger partial charge on any atom is -0.459 e. The fourth-order valence-corrected chi connectivity index (χ4v) is 5.99. The molecule has 2 aliphatic carbocycles. The Hall–Kier alpha value is -1.51. The molecule has 0 bridgehead atoms. The Balaban J connectivity index is 1.21.